The second-order valence-corrected chi connectivity index (χ2v) is 4.53. The van der Waals surface area contributed by atoms with Crippen LogP contribution in [0.15, 0.2) is 35.5 Å². The molecule has 2 rings (SSSR count). The summed E-state index contributed by atoms with van der Waals surface area (Å²) in [6.45, 7) is 0. The Hall–Kier alpha value is -1.82. The summed E-state index contributed by atoms with van der Waals surface area (Å²) in [6, 6.07) is 10.1. The molecule has 6 heteroatoms. The number of hydrogen-bond acceptors (Lipinski definition) is 5. The Morgan fingerprint density at radius 3 is 2.89 bits per heavy atom. The van der Waals surface area contributed by atoms with Gasteiger partial charge >= 0.3 is 5.97 Å². The minimum Gasteiger partial charge on any atom is -0.469 e. The van der Waals surface area contributed by atoms with Crippen LogP contribution in [0.5, 0.6) is 0 Å². The van der Waals surface area contributed by atoms with Gasteiger partial charge in [0.2, 0.25) is 5.16 Å². The fraction of sp³-hybridized carbons (Fsp3) is 0.250. The van der Waals surface area contributed by atoms with Gasteiger partial charge in [0, 0.05) is 5.75 Å². The molecule has 0 aliphatic carbocycles. The van der Waals surface area contributed by atoms with Crippen LogP contribution in [0.2, 0.25) is 0 Å². The van der Waals surface area contributed by atoms with E-state index in [-0.39, 0.29) is 12.4 Å². The van der Waals surface area contributed by atoms with Gasteiger partial charge in [-0.25, -0.2) is 4.98 Å². The van der Waals surface area contributed by atoms with Crippen molar-refractivity contribution in [1.29, 1.82) is 0 Å². The largest absolute Gasteiger partial charge is 0.469 e. The summed E-state index contributed by atoms with van der Waals surface area (Å²) in [5.41, 5.74) is 1.21. The Bertz CT molecular complexity index is 513. The summed E-state index contributed by atoms with van der Waals surface area (Å²) in [7, 11) is 1.35. The Morgan fingerprint density at radius 1 is 1.39 bits per heavy atom. The van der Waals surface area contributed by atoms with E-state index in [0.717, 1.165) is 5.75 Å². The molecule has 0 aliphatic rings. The van der Waals surface area contributed by atoms with Crippen molar-refractivity contribution in [3.63, 3.8) is 0 Å². The van der Waals surface area contributed by atoms with E-state index in [0.29, 0.717) is 11.0 Å². The van der Waals surface area contributed by atoms with Gasteiger partial charge in [0.15, 0.2) is 0 Å². The van der Waals surface area contributed by atoms with Gasteiger partial charge in [-0.2, -0.15) is 0 Å². The van der Waals surface area contributed by atoms with Crippen LogP contribution in [0.1, 0.15) is 11.4 Å². The lowest BCUT2D eigenvalue weighted by Gasteiger charge is -1.96. The van der Waals surface area contributed by atoms with Crippen molar-refractivity contribution in [1.82, 2.24) is 15.2 Å². The van der Waals surface area contributed by atoms with E-state index < -0.39 is 0 Å². The van der Waals surface area contributed by atoms with Crippen molar-refractivity contribution in [2.24, 2.45) is 0 Å². The maximum Gasteiger partial charge on any atom is 0.313 e. The third-order valence-corrected chi connectivity index (χ3v) is 3.18. The number of H-pyrrole nitrogens is 1. The molecule has 1 N–H and O–H groups in total. The summed E-state index contributed by atoms with van der Waals surface area (Å²) >= 11 is 1.52. The minimum atomic E-state index is -0.328. The van der Waals surface area contributed by atoms with Crippen LogP contribution >= 0.6 is 11.8 Å². The van der Waals surface area contributed by atoms with Crippen molar-refractivity contribution in [3.8, 4) is 0 Å². The number of ether oxygens (including phenoxy) is 1. The summed E-state index contributed by atoms with van der Waals surface area (Å²) in [5, 5.41) is 7.40. The van der Waals surface area contributed by atoms with Crippen LogP contribution in [-0.4, -0.2) is 28.3 Å². The van der Waals surface area contributed by atoms with Crippen molar-refractivity contribution in [3.05, 3.63) is 41.7 Å². The Balaban J connectivity index is 1.89. The number of carbonyl (C=O) groups excluding carboxylic acids is 1. The molecule has 1 aromatic heterocycles. The molecule has 0 spiro atoms. The number of nitrogens with one attached hydrogen (secondary N) is 1. The molecule has 0 radical (unpaired) electrons. The van der Waals surface area contributed by atoms with Gasteiger partial charge in [0.25, 0.3) is 0 Å². The maximum atomic E-state index is 11.1. The van der Waals surface area contributed by atoms with E-state index in [4.69, 9.17) is 0 Å². The number of rotatable bonds is 5. The molecule has 2 aromatic rings. The van der Waals surface area contributed by atoms with Crippen molar-refractivity contribution >= 4 is 17.7 Å². The number of hydrogen-bond donors (Lipinski definition) is 1. The predicted octanol–water partition coefficient (Wildman–Crippen LogP) is 1.81. The Morgan fingerprint density at radius 2 is 2.17 bits per heavy atom. The number of thioether (sulfide) groups is 1. The first-order valence-corrected chi connectivity index (χ1v) is 6.41. The average molecular weight is 263 g/mol. The van der Waals surface area contributed by atoms with Gasteiger partial charge in [0.1, 0.15) is 12.2 Å². The number of benzene rings is 1. The molecule has 0 saturated heterocycles. The quantitative estimate of drug-likeness (QED) is 0.658. The van der Waals surface area contributed by atoms with E-state index in [1.54, 1.807) is 0 Å². The van der Waals surface area contributed by atoms with E-state index in [1.807, 2.05) is 18.2 Å². The lowest BCUT2D eigenvalue weighted by Crippen LogP contribution is -2.05. The third kappa shape index (κ3) is 3.59. The SMILES string of the molecule is COC(=O)Cc1nc(SCc2ccccc2)n[nH]1. The second kappa shape index (κ2) is 6.20. The molecule has 0 saturated carbocycles. The molecular formula is C12H13N3O2S. The first-order chi connectivity index (χ1) is 8.78. The van der Waals surface area contributed by atoms with E-state index in [2.05, 4.69) is 32.1 Å². The highest BCUT2D eigenvalue weighted by atomic mass is 32.2. The van der Waals surface area contributed by atoms with Crippen LogP contribution in [0.4, 0.5) is 0 Å². The minimum absolute atomic E-state index is 0.120. The summed E-state index contributed by atoms with van der Waals surface area (Å²) in [5.74, 6) is 0.999. The molecule has 0 amide bonds. The van der Waals surface area contributed by atoms with Crippen LogP contribution in [0.3, 0.4) is 0 Å². The number of esters is 1. The van der Waals surface area contributed by atoms with Gasteiger partial charge in [-0.1, -0.05) is 42.1 Å². The van der Waals surface area contributed by atoms with Gasteiger partial charge in [-0.05, 0) is 5.56 Å². The smallest absolute Gasteiger partial charge is 0.313 e. The molecule has 1 heterocycles. The maximum absolute atomic E-state index is 11.1. The molecule has 0 atom stereocenters. The topological polar surface area (TPSA) is 67.9 Å². The number of methoxy groups -OCH3 is 1. The molecule has 1 aromatic carbocycles. The lowest BCUT2D eigenvalue weighted by atomic mass is 10.2. The van der Waals surface area contributed by atoms with Crippen molar-refractivity contribution < 1.29 is 9.53 Å². The number of nitrogens with zero attached hydrogens (tertiary/aromatic N) is 2. The summed E-state index contributed by atoms with van der Waals surface area (Å²) in [6.07, 6.45) is 0.120. The zero-order valence-corrected chi connectivity index (χ0v) is 10.7. The molecule has 0 bridgehead atoms. The summed E-state index contributed by atoms with van der Waals surface area (Å²) < 4.78 is 4.56. The standard InChI is InChI=1S/C12H13N3O2S/c1-17-11(16)7-10-13-12(15-14-10)18-8-9-5-3-2-4-6-9/h2-6H,7-8H2,1H3,(H,13,14,15). The van der Waals surface area contributed by atoms with Crippen molar-refractivity contribution in [2.45, 2.75) is 17.3 Å². The summed E-state index contributed by atoms with van der Waals surface area (Å²) in [4.78, 5) is 15.3. The highest BCUT2D eigenvalue weighted by Gasteiger charge is 2.08. The van der Waals surface area contributed by atoms with Gasteiger partial charge in [0.05, 0.1) is 7.11 Å². The fourth-order valence-electron chi connectivity index (χ4n) is 1.35. The lowest BCUT2D eigenvalue weighted by molar-refractivity contribution is -0.139. The van der Waals surface area contributed by atoms with Crippen LogP contribution < -0.4 is 0 Å². The first-order valence-electron chi connectivity index (χ1n) is 5.43. The predicted molar refractivity (Wildman–Crippen MR) is 68.1 cm³/mol. The third-order valence-electron chi connectivity index (χ3n) is 2.26. The highest BCUT2D eigenvalue weighted by Crippen LogP contribution is 2.18. The number of aromatic nitrogens is 3. The molecule has 5 nitrogen and oxygen atoms in total. The molecule has 0 aliphatic heterocycles. The second-order valence-electron chi connectivity index (χ2n) is 3.59. The van der Waals surface area contributed by atoms with Crippen LogP contribution in [0, 0.1) is 0 Å². The van der Waals surface area contributed by atoms with Crippen LogP contribution in [0.25, 0.3) is 0 Å². The zero-order chi connectivity index (χ0) is 12.8. The van der Waals surface area contributed by atoms with Crippen molar-refractivity contribution in [2.75, 3.05) is 7.11 Å². The monoisotopic (exact) mass is 263 g/mol. The molecule has 18 heavy (non-hydrogen) atoms. The number of aromatic amines is 1. The zero-order valence-electron chi connectivity index (χ0n) is 9.92. The molecule has 94 valence electrons. The molecule has 0 unspecified atom stereocenters. The van der Waals surface area contributed by atoms with Gasteiger partial charge in [-0.3, -0.25) is 9.89 Å². The van der Waals surface area contributed by atoms with Crippen LogP contribution in [-0.2, 0) is 21.7 Å². The first kappa shape index (κ1) is 12.6. The van der Waals surface area contributed by atoms with Gasteiger partial charge in [-0.15, -0.1) is 5.10 Å². The average Bonchev–Trinajstić information content (AvgIpc) is 2.85. The highest BCUT2D eigenvalue weighted by molar-refractivity contribution is 7.98. The van der Waals surface area contributed by atoms with E-state index in [1.165, 1.54) is 24.4 Å². The molecule has 0 fully saturated rings. The van der Waals surface area contributed by atoms with E-state index in [9.17, 15) is 4.79 Å². The fourth-order valence-corrected chi connectivity index (χ4v) is 2.13. The van der Waals surface area contributed by atoms with Gasteiger partial charge < -0.3 is 4.74 Å². The number of carbonyl (C=O) groups is 1. The Labute approximate surface area is 109 Å². The molecular weight excluding hydrogens is 250 g/mol. The van der Waals surface area contributed by atoms with E-state index >= 15 is 0 Å². The normalized spacial score (nSPS) is 10.3. The Kier molecular flexibility index (Phi) is 4.35.